The number of hydrogen-bond donors (Lipinski definition) is 1. The highest BCUT2D eigenvalue weighted by atomic mass is 32.1. The normalized spacial score (nSPS) is 26.3. The molecule has 2 unspecified atom stereocenters. The quantitative estimate of drug-likeness (QED) is 0.863. The molecule has 0 aromatic carbocycles. The molecule has 100 valence electrons. The molecule has 2 aliphatic rings. The highest BCUT2D eigenvalue weighted by molar-refractivity contribution is 7.18. The lowest BCUT2D eigenvalue weighted by molar-refractivity contribution is 0.533. The smallest absolute Gasteiger partial charge is 0.141 e. The largest absolute Gasteiger partial charge is 0.355 e. The first-order chi connectivity index (χ1) is 9.24. The molecule has 1 N–H and O–H groups in total. The van der Waals surface area contributed by atoms with Gasteiger partial charge in [0.25, 0.3) is 0 Å². The van der Waals surface area contributed by atoms with Crippen molar-refractivity contribution in [2.75, 3.05) is 31.1 Å². The maximum absolute atomic E-state index is 4.59. The number of aromatic nitrogens is 2. The van der Waals surface area contributed by atoms with Crippen LogP contribution in [0.4, 0.5) is 5.82 Å². The van der Waals surface area contributed by atoms with E-state index in [-0.39, 0.29) is 0 Å². The lowest BCUT2D eigenvalue weighted by atomic mass is 10.0. The van der Waals surface area contributed by atoms with Gasteiger partial charge in [0.1, 0.15) is 17.0 Å². The average Bonchev–Trinajstić information content (AvgIpc) is 3.04. The van der Waals surface area contributed by atoms with E-state index < -0.39 is 0 Å². The molecule has 19 heavy (non-hydrogen) atoms. The highest BCUT2D eigenvalue weighted by Gasteiger charge is 2.37. The molecule has 0 radical (unpaired) electrons. The predicted molar refractivity (Wildman–Crippen MR) is 79.0 cm³/mol. The molecule has 2 saturated heterocycles. The molecule has 2 aromatic heterocycles. The van der Waals surface area contributed by atoms with Crippen LogP contribution in [0.5, 0.6) is 0 Å². The number of anilines is 1. The summed E-state index contributed by atoms with van der Waals surface area (Å²) >= 11 is 1.78. The number of hydrogen-bond acceptors (Lipinski definition) is 5. The average molecular weight is 274 g/mol. The van der Waals surface area contributed by atoms with Gasteiger partial charge in [-0.2, -0.15) is 0 Å². The third-order valence-corrected chi connectivity index (χ3v) is 5.75. The summed E-state index contributed by atoms with van der Waals surface area (Å²) in [6, 6.07) is 0. The van der Waals surface area contributed by atoms with Gasteiger partial charge >= 0.3 is 0 Å². The van der Waals surface area contributed by atoms with Gasteiger partial charge in [0.15, 0.2) is 0 Å². The Morgan fingerprint density at radius 3 is 2.68 bits per heavy atom. The van der Waals surface area contributed by atoms with E-state index in [1.807, 2.05) is 0 Å². The van der Waals surface area contributed by atoms with Crippen LogP contribution >= 0.6 is 11.3 Å². The van der Waals surface area contributed by atoms with E-state index in [0.717, 1.165) is 48.7 Å². The van der Waals surface area contributed by atoms with Crippen molar-refractivity contribution in [1.82, 2.24) is 15.3 Å². The van der Waals surface area contributed by atoms with Gasteiger partial charge in [-0.1, -0.05) is 0 Å². The topological polar surface area (TPSA) is 41.1 Å². The zero-order chi connectivity index (χ0) is 13.0. The standard InChI is InChI=1S/C14H18N4S/c1-8-9(2)19-14-12(8)13(16-7-17-14)18-5-10-3-15-4-11(10)6-18/h7,10-11,15H,3-6H2,1-2H3. The van der Waals surface area contributed by atoms with E-state index in [1.54, 1.807) is 17.7 Å². The minimum Gasteiger partial charge on any atom is -0.355 e. The van der Waals surface area contributed by atoms with E-state index in [9.17, 15) is 0 Å². The molecule has 0 saturated carbocycles. The zero-order valence-electron chi connectivity index (χ0n) is 11.3. The van der Waals surface area contributed by atoms with Crippen LogP contribution in [-0.4, -0.2) is 36.1 Å². The van der Waals surface area contributed by atoms with Gasteiger partial charge < -0.3 is 10.2 Å². The van der Waals surface area contributed by atoms with Crippen LogP contribution < -0.4 is 10.2 Å². The second kappa shape index (κ2) is 4.15. The van der Waals surface area contributed by atoms with Crippen molar-refractivity contribution in [3.63, 3.8) is 0 Å². The van der Waals surface area contributed by atoms with Gasteiger partial charge in [-0.05, 0) is 31.2 Å². The molecule has 0 spiro atoms. The van der Waals surface area contributed by atoms with Gasteiger partial charge in [-0.3, -0.25) is 0 Å². The molecule has 0 amide bonds. The van der Waals surface area contributed by atoms with E-state index >= 15 is 0 Å². The Morgan fingerprint density at radius 1 is 1.21 bits per heavy atom. The summed E-state index contributed by atoms with van der Waals surface area (Å²) in [5, 5.41) is 4.77. The van der Waals surface area contributed by atoms with Crippen LogP contribution in [0, 0.1) is 25.7 Å². The number of aryl methyl sites for hydroxylation is 2. The summed E-state index contributed by atoms with van der Waals surface area (Å²) in [5.74, 6) is 2.75. The summed E-state index contributed by atoms with van der Waals surface area (Å²) in [7, 11) is 0. The summed E-state index contributed by atoms with van der Waals surface area (Å²) in [6.45, 7) is 8.97. The van der Waals surface area contributed by atoms with Crippen molar-refractivity contribution in [3.8, 4) is 0 Å². The van der Waals surface area contributed by atoms with Crippen LogP contribution in [0.25, 0.3) is 10.2 Å². The van der Waals surface area contributed by atoms with E-state index in [0.29, 0.717) is 0 Å². The van der Waals surface area contributed by atoms with Crippen molar-refractivity contribution in [1.29, 1.82) is 0 Å². The number of thiophene rings is 1. The second-order valence-corrected chi connectivity index (χ2v) is 6.95. The summed E-state index contributed by atoms with van der Waals surface area (Å²) in [6.07, 6.45) is 1.72. The maximum atomic E-state index is 4.59. The molecule has 0 aliphatic carbocycles. The molecule has 2 aliphatic heterocycles. The van der Waals surface area contributed by atoms with Crippen molar-refractivity contribution in [2.24, 2.45) is 11.8 Å². The number of fused-ring (bicyclic) bond motifs is 2. The van der Waals surface area contributed by atoms with Gasteiger partial charge in [-0.15, -0.1) is 11.3 Å². The molecule has 4 nitrogen and oxygen atoms in total. The Labute approximate surface area is 116 Å². The Balaban J connectivity index is 1.79. The fourth-order valence-corrected chi connectivity index (χ4v) is 4.42. The van der Waals surface area contributed by atoms with E-state index in [2.05, 4.69) is 34.0 Å². The number of rotatable bonds is 1. The van der Waals surface area contributed by atoms with Crippen molar-refractivity contribution < 1.29 is 0 Å². The van der Waals surface area contributed by atoms with Gasteiger partial charge in [-0.25, -0.2) is 9.97 Å². The minimum atomic E-state index is 0.796. The van der Waals surface area contributed by atoms with Gasteiger partial charge in [0.2, 0.25) is 0 Å². The highest BCUT2D eigenvalue weighted by Crippen LogP contribution is 2.37. The Morgan fingerprint density at radius 2 is 1.95 bits per heavy atom. The maximum Gasteiger partial charge on any atom is 0.141 e. The molecule has 2 aromatic rings. The molecule has 4 heterocycles. The monoisotopic (exact) mass is 274 g/mol. The molecule has 2 fully saturated rings. The molecule has 5 heteroatoms. The first-order valence-corrected chi connectivity index (χ1v) is 7.72. The van der Waals surface area contributed by atoms with Crippen LogP contribution in [0.15, 0.2) is 6.33 Å². The number of nitrogens with one attached hydrogen (secondary N) is 1. The Kier molecular flexibility index (Phi) is 2.53. The van der Waals surface area contributed by atoms with Crippen LogP contribution in [0.2, 0.25) is 0 Å². The molecule has 0 bridgehead atoms. The first kappa shape index (κ1) is 11.6. The lowest BCUT2D eigenvalue weighted by Gasteiger charge is -2.19. The summed E-state index contributed by atoms with van der Waals surface area (Å²) in [4.78, 5) is 14.0. The predicted octanol–water partition coefficient (Wildman–Crippen LogP) is 1.96. The zero-order valence-corrected chi connectivity index (χ0v) is 12.1. The molecular weight excluding hydrogens is 256 g/mol. The summed E-state index contributed by atoms with van der Waals surface area (Å²) in [5.41, 5.74) is 1.35. The Bertz CT molecular complexity index is 624. The first-order valence-electron chi connectivity index (χ1n) is 6.90. The third-order valence-electron chi connectivity index (χ3n) is 4.63. The molecule has 4 rings (SSSR count). The fourth-order valence-electron chi connectivity index (χ4n) is 3.43. The fraction of sp³-hybridized carbons (Fsp3) is 0.571. The molecular formula is C14H18N4S. The second-order valence-electron chi connectivity index (χ2n) is 5.74. The van der Waals surface area contributed by atoms with Crippen molar-refractivity contribution >= 4 is 27.4 Å². The molecule has 2 atom stereocenters. The van der Waals surface area contributed by atoms with Crippen LogP contribution in [-0.2, 0) is 0 Å². The van der Waals surface area contributed by atoms with Gasteiger partial charge in [0.05, 0.1) is 5.39 Å². The lowest BCUT2D eigenvalue weighted by Crippen LogP contribution is -2.26. The SMILES string of the molecule is Cc1sc2ncnc(N3CC4CNCC4C3)c2c1C. The van der Waals surface area contributed by atoms with Crippen molar-refractivity contribution in [3.05, 3.63) is 16.8 Å². The van der Waals surface area contributed by atoms with Crippen LogP contribution in [0.1, 0.15) is 10.4 Å². The van der Waals surface area contributed by atoms with E-state index in [1.165, 1.54) is 15.8 Å². The number of nitrogens with zero attached hydrogens (tertiary/aromatic N) is 3. The minimum absolute atomic E-state index is 0.796. The van der Waals surface area contributed by atoms with Crippen molar-refractivity contribution in [2.45, 2.75) is 13.8 Å². The van der Waals surface area contributed by atoms with Crippen LogP contribution in [0.3, 0.4) is 0 Å². The van der Waals surface area contributed by atoms with Gasteiger partial charge in [0, 0.05) is 31.1 Å². The Hall–Kier alpha value is -1.20. The summed E-state index contributed by atoms with van der Waals surface area (Å²) < 4.78 is 0. The van der Waals surface area contributed by atoms with E-state index in [4.69, 9.17) is 0 Å². The third kappa shape index (κ3) is 1.68.